The number of alkyl halides is 3. The van der Waals surface area contributed by atoms with Crippen LogP contribution >= 0.6 is 0 Å². The van der Waals surface area contributed by atoms with E-state index in [1.165, 1.54) is 18.2 Å². The molecular formula is C12H9F4N3O. The number of rotatable bonds is 3. The number of anilines is 1. The molecule has 0 aliphatic heterocycles. The summed E-state index contributed by atoms with van der Waals surface area (Å²) in [5, 5.41) is 5.81. The van der Waals surface area contributed by atoms with Crippen molar-refractivity contribution >= 4 is 11.6 Å². The fraction of sp³-hybridized carbons (Fsp3) is 0.167. The molecule has 0 radical (unpaired) electrons. The Kier molecular flexibility index (Phi) is 3.73. The summed E-state index contributed by atoms with van der Waals surface area (Å²) in [5.41, 5.74) is 0.164. The summed E-state index contributed by atoms with van der Waals surface area (Å²) in [6.45, 7) is -1.25. The topological polar surface area (TPSA) is 46.9 Å². The van der Waals surface area contributed by atoms with E-state index >= 15 is 0 Å². The number of nitrogens with zero attached hydrogens (tertiary/aromatic N) is 2. The van der Waals surface area contributed by atoms with Crippen LogP contribution in [0.1, 0.15) is 10.4 Å². The standard InChI is InChI=1S/C12H9F4N3O/c13-9-3-1-2-8(4-9)11(20)18-10-5-17-19(6-10)7-12(14,15)16/h1-6H,7H2,(H,18,20). The normalized spacial score (nSPS) is 11.4. The summed E-state index contributed by atoms with van der Waals surface area (Å²) in [6.07, 6.45) is -2.26. The lowest BCUT2D eigenvalue weighted by molar-refractivity contribution is -0.142. The fourth-order valence-electron chi connectivity index (χ4n) is 1.53. The van der Waals surface area contributed by atoms with Crippen molar-refractivity contribution in [1.82, 2.24) is 9.78 Å². The van der Waals surface area contributed by atoms with Crippen LogP contribution in [0.4, 0.5) is 23.2 Å². The molecule has 1 heterocycles. The van der Waals surface area contributed by atoms with Crippen molar-refractivity contribution in [3.63, 3.8) is 0 Å². The molecule has 0 bridgehead atoms. The summed E-state index contributed by atoms with van der Waals surface area (Å²) in [6, 6.07) is 4.95. The molecule has 0 atom stereocenters. The summed E-state index contributed by atoms with van der Waals surface area (Å²) >= 11 is 0. The number of nitrogens with one attached hydrogen (secondary N) is 1. The zero-order chi connectivity index (χ0) is 14.8. The molecule has 1 aromatic heterocycles. The van der Waals surface area contributed by atoms with Gasteiger partial charge in [-0.2, -0.15) is 18.3 Å². The van der Waals surface area contributed by atoms with E-state index in [-0.39, 0.29) is 11.3 Å². The van der Waals surface area contributed by atoms with Gasteiger partial charge in [-0.25, -0.2) is 4.39 Å². The Morgan fingerprint density at radius 1 is 1.35 bits per heavy atom. The molecule has 0 aliphatic carbocycles. The van der Waals surface area contributed by atoms with Gasteiger partial charge in [0.25, 0.3) is 5.91 Å². The van der Waals surface area contributed by atoms with Crippen molar-refractivity contribution in [2.45, 2.75) is 12.7 Å². The first kappa shape index (κ1) is 14.0. The van der Waals surface area contributed by atoms with Crippen molar-refractivity contribution in [3.05, 3.63) is 48.0 Å². The Hall–Kier alpha value is -2.38. The number of halogens is 4. The lowest BCUT2D eigenvalue weighted by Crippen LogP contribution is -2.18. The Morgan fingerprint density at radius 2 is 2.10 bits per heavy atom. The van der Waals surface area contributed by atoms with Crippen LogP contribution in [0.3, 0.4) is 0 Å². The second-order valence-electron chi connectivity index (χ2n) is 4.01. The molecule has 2 aromatic rings. The van der Waals surface area contributed by atoms with Crippen molar-refractivity contribution in [3.8, 4) is 0 Å². The molecular weight excluding hydrogens is 278 g/mol. The van der Waals surface area contributed by atoms with Crippen LogP contribution in [-0.2, 0) is 6.54 Å². The molecule has 8 heteroatoms. The van der Waals surface area contributed by atoms with E-state index < -0.39 is 24.4 Å². The van der Waals surface area contributed by atoms with E-state index in [2.05, 4.69) is 10.4 Å². The second kappa shape index (κ2) is 5.32. The zero-order valence-electron chi connectivity index (χ0n) is 9.99. The third-order valence-corrected chi connectivity index (χ3v) is 2.32. The molecule has 1 aromatic carbocycles. The third kappa shape index (κ3) is 3.81. The Balaban J connectivity index is 2.05. The smallest absolute Gasteiger partial charge is 0.319 e. The molecule has 1 N–H and O–H groups in total. The first-order valence-electron chi connectivity index (χ1n) is 5.49. The summed E-state index contributed by atoms with van der Waals surface area (Å²) in [4.78, 5) is 11.7. The van der Waals surface area contributed by atoms with Gasteiger partial charge >= 0.3 is 6.18 Å². The van der Waals surface area contributed by atoms with E-state index in [1.54, 1.807) is 0 Å². The van der Waals surface area contributed by atoms with Gasteiger partial charge in [0.05, 0.1) is 11.9 Å². The summed E-state index contributed by atoms with van der Waals surface area (Å²) in [7, 11) is 0. The third-order valence-electron chi connectivity index (χ3n) is 2.32. The molecule has 4 nitrogen and oxygen atoms in total. The van der Waals surface area contributed by atoms with Crippen molar-refractivity contribution in [2.75, 3.05) is 5.32 Å². The maximum atomic E-state index is 12.9. The number of benzene rings is 1. The monoisotopic (exact) mass is 287 g/mol. The highest BCUT2D eigenvalue weighted by molar-refractivity contribution is 6.04. The number of amides is 1. The highest BCUT2D eigenvalue weighted by atomic mass is 19.4. The molecule has 0 spiro atoms. The number of aromatic nitrogens is 2. The van der Waals surface area contributed by atoms with Crippen LogP contribution < -0.4 is 5.32 Å². The minimum atomic E-state index is -4.39. The first-order chi connectivity index (χ1) is 9.33. The highest BCUT2D eigenvalue weighted by Gasteiger charge is 2.28. The minimum Gasteiger partial charge on any atom is -0.319 e. The number of hydrogen-bond acceptors (Lipinski definition) is 2. The van der Waals surface area contributed by atoms with Gasteiger partial charge in [-0.05, 0) is 18.2 Å². The van der Waals surface area contributed by atoms with Gasteiger partial charge in [-0.15, -0.1) is 0 Å². The van der Waals surface area contributed by atoms with Gasteiger partial charge in [0.15, 0.2) is 0 Å². The Labute approximate surface area is 111 Å². The maximum absolute atomic E-state index is 12.9. The lowest BCUT2D eigenvalue weighted by Gasteiger charge is -2.05. The lowest BCUT2D eigenvalue weighted by atomic mass is 10.2. The predicted molar refractivity (Wildman–Crippen MR) is 62.6 cm³/mol. The van der Waals surface area contributed by atoms with Gasteiger partial charge in [0.2, 0.25) is 0 Å². The molecule has 0 unspecified atom stereocenters. The average molecular weight is 287 g/mol. The van der Waals surface area contributed by atoms with Crippen molar-refractivity contribution in [2.24, 2.45) is 0 Å². The van der Waals surface area contributed by atoms with Crippen LogP contribution in [0.15, 0.2) is 36.7 Å². The highest BCUT2D eigenvalue weighted by Crippen LogP contribution is 2.18. The van der Waals surface area contributed by atoms with E-state index in [9.17, 15) is 22.4 Å². The molecule has 20 heavy (non-hydrogen) atoms. The average Bonchev–Trinajstić information content (AvgIpc) is 2.74. The van der Waals surface area contributed by atoms with E-state index in [0.717, 1.165) is 18.5 Å². The molecule has 106 valence electrons. The van der Waals surface area contributed by atoms with Crippen LogP contribution in [0, 0.1) is 5.82 Å². The fourth-order valence-corrected chi connectivity index (χ4v) is 1.53. The van der Waals surface area contributed by atoms with Gasteiger partial charge in [0.1, 0.15) is 12.4 Å². The summed E-state index contributed by atoms with van der Waals surface area (Å²) in [5.74, 6) is -1.21. The quantitative estimate of drug-likeness (QED) is 0.882. The van der Waals surface area contributed by atoms with Crippen LogP contribution in [0.2, 0.25) is 0 Å². The predicted octanol–water partition coefficient (Wildman–Crippen LogP) is 2.84. The molecule has 0 saturated heterocycles. The van der Waals surface area contributed by atoms with E-state index in [0.29, 0.717) is 4.68 Å². The minimum absolute atomic E-state index is 0.0635. The number of carbonyl (C=O) groups excluding carboxylic acids is 1. The van der Waals surface area contributed by atoms with Crippen LogP contribution in [0.25, 0.3) is 0 Å². The molecule has 0 aliphatic rings. The molecule has 1 amide bonds. The van der Waals surface area contributed by atoms with Gasteiger partial charge < -0.3 is 5.32 Å². The maximum Gasteiger partial charge on any atom is 0.408 e. The summed E-state index contributed by atoms with van der Waals surface area (Å²) < 4.78 is 50.0. The van der Waals surface area contributed by atoms with Crippen molar-refractivity contribution < 1.29 is 22.4 Å². The van der Waals surface area contributed by atoms with Crippen molar-refractivity contribution in [1.29, 1.82) is 0 Å². The number of hydrogen-bond donors (Lipinski definition) is 1. The van der Waals surface area contributed by atoms with Crippen LogP contribution in [-0.4, -0.2) is 21.9 Å². The van der Waals surface area contributed by atoms with Gasteiger partial charge in [-0.3, -0.25) is 9.48 Å². The van der Waals surface area contributed by atoms with E-state index in [4.69, 9.17) is 0 Å². The SMILES string of the molecule is O=C(Nc1cnn(CC(F)(F)F)c1)c1cccc(F)c1. The second-order valence-corrected chi connectivity index (χ2v) is 4.01. The van der Waals surface area contributed by atoms with E-state index in [1.807, 2.05) is 0 Å². The number of carbonyl (C=O) groups is 1. The van der Waals surface area contributed by atoms with Gasteiger partial charge in [-0.1, -0.05) is 6.07 Å². The first-order valence-corrected chi connectivity index (χ1v) is 5.49. The zero-order valence-corrected chi connectivity index (χ0v) is 9.99. The van der Waals surface area contributed by atoms with Crippen LogP contribution in [0.5, 0.6) is 0 Å². The van der Waals surface area contributed by atoms with Gasteiger partial charge in [0, 0.05) is 11.8 Å². The molecule has 2 rings (SSSR count). The molecule has 0 fully saturated rings. The Bertz CT molecular complexity index is 621. The largest absolute Gasteiger partial charge is 0.408 e. The Morgan fingerprint density at radius 3 is 2.75 bits per heavy atom. The molecule has 0 saturated carbocycles.